The summed E-state index contributed by atoms with van der Waals surface area (Å²) in [5.41, 5.74) is 0. The van der Waals surface area contributed by atoms with Crippen LogP contribution in [-0.4, -0.2) is 12.0 Å². The summed E-state index contributed by atoms with van der Waals surface area (Å²) in [6, 6.07) is 10.4. The van der Waals surface area contributed by atoms with E-state index in [1.54, 1.807) is 49.6 Å². The molecule has 0 aliphatic carbocycles. The molecule has 100 valence electrons. The second-order valence-corrected chi connectivity index (χ2v) is 4.45. The van der Waals surface area contributed by atoms with Gasteiger partial charge in [-0.15, -0.1) is 0 Å². The zero-order valence-corrected chi connectivity index (χ0v) is 11.2. The highest BCUT2D eigenvalue weighted by molar-refractivity contribution is 6.30. The zero-order chi connectivity index (χ0) is 13.7. The summed E-state index contributed by atoms with van der Waals surface area (Å²) >= 11 is 5.77. The van der Waals surface area contributed by atoms with Crippen molar-refractivity contribution in [3.8, 4) is 5.75 Å². The topological polar surface area (TPSA) is 51.5 Å². The van der Waals surface area contributed by atoms with Crippen LogP contribution in [0.5, 0.6) is 5.75 Å². The fourth-order valence-corrected chi connectivity index (χ4v) is 1.63. The molecule has 5 heteroatoms. The minimum absolute atomic E-state index is 0.202. The monoisotopic (exact) mass is 279 g/mol. The highest BCUT2D eigenvalue weighted by Crippen LogP contribution is 2.16. The molecule has 0 saturated heterocycles. The van der Waals surface area contributed by atoms with E-state index in [0.29, 0.717) is 23.1 Å². The number of benzene rings is 1. The molecule has 0 saturated carbocycles. The molecule has 0 radical (unpaired) electrons. The van der Waals surface area contributed by atoms with Crippen LogP contribution in [0.3, 0.4) is 0 Å². The van der Waals surface area contributed by atoms with Gasteiger partial charge in [0.25, 0.3) is 5.91 Å². The van der Waals surface area contributed by atoms with Crippen LogP contribution in [-0.2, 0) is 11.3 Å². The van der Waals surface area contributed by atoms with Crippen LogP contribution >= 0.6 is 11.6 Å². The molecule has 19 heavy (non-hydrogen) atoms. The number of hydrogen-bond acceptors (Lipinski definition) is 3. The van der Waals surface area contributed by atoms with Gasteiger partial charge in [-0.3, -0.25) is 4.79 Å². The molecule has 0 fully saturated rings. The quantitative estimate of drug-likeness (QED) is 0.915. The lowest BCUT2D eigenvalue weighted by Crippen LogP contribution is -2.35. The molecular formula is C14H14ClNO3. The summed E-state index contributed by atoms with van der Waals surface area (Å²) in [4.78, 5) is 11.8. The molecule has 1 atom stereocenters. The Morgan fingerprint density at radius 1 is 1.37 bits per heavy atom. The second-order valence-electron chi connectivity index (χ2n) is 4.01. The maximum absolute atomic E-state index is 11.8. The normalized spacial score (nSPS) is 11.9. The van der Waals surface area contributed by atoms with Gasteiger partial charge in [0.05, 0.1) is 12.8 Å². The van der Waals surface area contributed by atoms with Crippen LogP contribution < -0.4 is 10.1 Å². The Bertz CT molecular complexity index is 522. The molecule has 1 heterocycles. The Labute approximate surface area is 116 Å². The summed E-state index contributed by atoms with van der Waals surface area (Å²) in [6.07, 6.45) is 0.978. The maximum Gasteiger partial charge on any atom is 0.261 e. The predicted octanol–water partition coefficient (Wildman–Crippen LogP) is 3.02. The number of furan rings is 1. The summed E-state index contributed by atoms with van der Waals surface area (Å²) in [7, 11) is 0. The number of carbonyl (C=O) groups is 1. The molecule has 2 rings (SSSR count). The van der Waals surface area contributed by atoms with E-state index in [1.165, 1.54) is 0 Å². The molecule has 2 aromatic rings. The van der Waals surface area contributed by atoms with Gasteiger partial charge in [0.2, 0.25) is 0 Å². The Kier molecular flexibility index (Phi) is 4.47. The SMILES string of the molecule is C[C@H](Oc1ccc(Cl)cc1)C(=O)NCc1ccco1. The third kappa shape index (κ3) is 4.03. The van der Waals surface area contributed by atoms with Crippen LogP contribution in [0, 0.1) is 0 Å². The van der Waals surface area contributed by atoms with Gasteiger partial charge in [-0.1, -0.05) is 11.6 Å². The van der Waals surface area contributed by atoms with E-state index in [4.69, 9.17) is 20.8 Å². The van der Waals surface area contributed by atoms with Crippen molar-refractivity contribution in [2.75, 3.05) is 0 Å². The smallest absolute Gasteiger partial charge is 0.261 e. The van der Waals surface area contributed by atoms with Crippen molar-refractivity contribution in [2.24, 2.45) is 0 Å². The van der Waals surface area contributed by atoms with E-state index in [9.17, 15) is 4.79 Å². The molecule has 0 spiro atoms. The first-order valence-electron chi connectivity index (χ1n) is 5.87. The first-order chi connectivity index (χ1) is 9.15. The number of nitrogens with one attached hydrogen (secondary N) is 1. The average Bonchev–Trinajstić information content (AvgIpc) is 2.91. The van der Waals surface area contributed by atoms with Crippen molar-refractivity contribution in [1.82, 2.24) is 5.32 Å². The van der Waals surface area contributed by atoms with E-state index in [-0.39, 0.29) is 5.91 Å². The Hall–Kier alpha value is -1.94. The Balaban J connectivity index is 1.83. The van der Waals surface area contributed by atoms with Crippen molar-refractivity contribution in [3.63, 3.8) is 0 Å². The maximum atomic E-state index is 11.8. The molecule has 4 nitrogen and oxygen atoms in total. The van der Waals surface area contributed by atoms with E-state index in [0.717, 1.165) is 0 Å². The summed E-state index contributed by atoms with van der Waals surface area (Å²) in [6.45, 7) is 2.03. The molecule has 0 aliphatic rings. The largest absolute Gasteiger partial charge is 0.481 e. The van der Waals surface area contributed by atoms with Gasteiger partial charge in [-0.2, -0.15) is 0 Å². The molecule has 0 bridgehead atoms. The summed E-state index contributed by atoms with van der Waals surface area (Å²) < 4.78 is 10.6. The second kappa shape index (κ2) is 6.29. The lowest BCUT2D eigenvalue weighted by atomic mass is 10.3. The van der Waals surface area contributed by atoms with Crippen LogP contribution in [0.4, 0.5) is 0 Å². The fraction of sp³-hybridized carbons (Fsp3) is 0.214. The molecule has 1 aromatic heterocycles. The van der Waals surface area contributed by atoms with Crippen molar-refractivity contribution >= 4 is 17.5 Å². The number of hydrogen-bond donors (Lipinski definition) is 1. The minimum Gasteiger partial charge on any atom is -0.481 e. The van der Waals surface area contributed by atoms with Gasteiger partial charge < -0.3 is 14.5 Å². The molecule has 1 N–H and O–H groups in total. The van der Waals surface area contributed by atoms with Crippen LogP contribution in [0.1, 0.15) is 12.7 Å². The molecule has 0 aliphatic heterocycles. The third-order valence-electron chi connectivity index (χ3n) is 2.51. The molecule has 1 aromatic carbocycles. The standard InChI is InChI=1S/C14H14ClNO3/c1-10(19-12-6-4-11(15)5-7-12)14(17)16-9-13-3-2-8-18-13/h2-8,10H,9H2,1H3,(H,16,17)/t10-/m0/s1. The highest BCUT2D eigenvalue weighted by Gasteiger charge is 2.14. The van der Waals surface area contributed by atoms with Gasteiger partial charge in [0, 0.05) is 5.02 Å². The zero-order valence-electron chi connectivity index (χ0n) is 10.4. The van der Waals surface area contributed by atoms with Crippen LogP contribution in [0.15, 0.2) is 47.1 Å². The fourth-order valence-electron chi connectivity index (χ4n) is 1.50. The first kappa shape index (κ1) is 13.5. The number of ether oxygens (including phenoxy) is 1. The average molecular weight is 280 g/mol. The Morgan fingerprint density at radius 2 is 2.11 bits per heavy atom. The molecule has 1 amide bonds. The van der Waals surface area contributed by atoms with Gasteiger partial charge in [0.15, 0.2) is 6.10 Å². The van der Waals surface area contributed by atoms with Crippen LogP contribution in [0.25, 0.3) is 0 Å². The van der Waals surface area contributed by atoms with Gasteiger partial charge in [-0.05, 0) is 43.3 Å². The number of rotatable bonds is 5. The van der Waals surface area contributed by atoms with Crippen molar-refractivity contribution < 1.29 is 13.9 Å². The number of carbonyl (C=O) groups excluding carboxylic acids is 1. The molecule has 0 unspecified atom stereocenters. The first-order valence-corrected chi connectivity index (χ1v) is 6.25. The third-order valence-corrected chi connectivity index (χ3v) is 2.76. The van der Waals surface area contributed by atoms with Crippen LogP contribution in [0.2, 0.25) is 5.02 Å². The van der Waals surface area contributed by atoms with Gasteiger partial charge in [-0.25, -0.2) is 0 Å². The van der Waals surface area contributed by atoms with E-state index < -0.39 is 6.10 Å². The van der Waals surface area contributed by atoms with E-state index in [2.05, 4.69) is 5.32 Å². The predicted molar refractivity (Wildman–Crippen MR) is 72.1 cm³/mol. The van der Waals surface area contributed by atoms with E-state index >= 15 is 0 Å². The lowest BCUT2D eigenvalue weighted by Gasteiger charge is -2.14. The summed E-state index contributed by atoms with van der Waals surface area (Å²) in [5, 5.41) is 3.36. The van der Waals surface area contributed by atoms with Crippen molar-refractivity contribution in [1.29, 1.82) is 0 Å². The molecular weight excluding hydrogens is 266 g/mol. The van der Waals surface area contributed by atoms with E-state index in [1.807, 2.05) is 0 Å². The Morgan fingerprint density at radius 3 is 2.74 bits per heavy atom. The highest BCUT2D eigenvalue weighted by atomic mass is 35.5. The van der Waals surface area contributed by atoms with Crippen molar-refractivity contribution in [2.45, 2.75) is 19.6 Å². The summed E-state index contributed by atoms with van der Waals surface area (Å²) in [5.74, 6) is 1.10. The van der Waals surface area contributed by atoms with Crippen molar-refractivity contribution in [3.05, 3.63) is 53.4 Å². The number of halogens is 1. The lowest BCUT2D eigenvalue weighted by molar-refractivity contribution is -0.127. The minimum atomic E-state index is -0.587. The van der Waals surface area contributed by atoms with Gasteiger partial charge in [0.1, 0.15) is 11.5 Å². The van der Waals surface area contributed by atoms with Gasteiger partial charge >= 0.3 is 0 Å². The number of amides is 1.